The summed E-state index contributed by atoms with van der Waals surface area (Å²) in [6.45, 7) is 5.51. The molecule has 5 nitrogen and oxygen atoms in total. The lowest BCUT2D eigenvalue weighted by Gasteiger charge is -2.19. The molecule has 0 aliphatic carbocycles. The first-order valence-corrected chi connectivity index (χ1v) is 5.79. The lowest BCUT2D eigenvalue weighted by atomic mass is 10.0. The van der Waals surface area contributed by atoms with Crippen LogP contribution < -0.4 is 16.8 Å². The number of anilines is 1. The Labute approximate surface area is 107 Å². The van der Waals surface area contributed by atoms with Gasteiger partial charge in [-0.1, -0.05) is 19.9 Å². The fraction of sp³-hybridized carbons (Fsp3) is 0.385. The van der Waals surface area contributed by atoms with Crippen LogP contribution in [0.25, 0.3) is 0 Å². The van der Waals surface area contributed by atoms with Crippen LogP contribution in [-0.4, -0.2) is 17.9 Å². The van der Waals surface area contributed by atoms with Crippen LogP contribution in [0.3, 0.4) is 0 Å². The molecule has 0 saturated carbocycles. The second-order valence-corrected chi connectivity index (χ2v) is 4.69. The normalized spacial score (nSPS) is 12.2. The summed E-state index contributed by atoms with van der Waals surface area (Å²) in [6.07, 6.45) is 0. The summed E-state index contributed by atoms with van der Waals surface area (Å²) in [5.41, 5.74) is 12.7. The van der Waals surface area contributed by atoms with Gasteiger partial charge in [0.15, 0.2) is 0 Å². The van der Waals surface area contributed by atoms with E-state index in [4.69, 9.17) is 11.5 Å². The van der Waals surface area contributed by atoms with Gasteiger partial charge in [0.25, 0.3) is 5.91 Å². The molecule has 0 aliphatic rings. The quantitative estimate of drug-likeness (QED) is 0.689. The van der Waals surface area contributed by atoms with Crippen LogP contribution in [0.1, 0.15) is 29.8 Å². The smallest absolute Gasteiger partial charge is 0.254 e. The molecule has 0 bridgehead atoms. The van der Waals surface area contributed by atoms with Crippen molar-refractivity contribution in [3.63, 3.8) is 0 Å². The number of nitrogen functional groups attached to an aromatic ring is 1. The van der Waals surface area contributed by atoms with E-state index in [1.54, 1.807) is 18.2 Å². The average Bonchev–Trinajstić information content (AvgIpc) is 2.24. The van der Waals surface area contributed by atoms with E-state index in [1.807, 2.05) is 20.8 Å². The van der Waals surface area contributed by atoms with Gasteiger partial charge in [-0.25, -0.2) is 0 Å². The number of amides is 2. The molecule has 0 spiro atoms. The largest absolute Gasteiger partial charge is 0.398 e. The lowest BCUT2D eigenvalue weighted by molar-refractivity contribution is -0.120. The van der Waals surface area contributed by atoms with E-state index < -0.39 is 11.9 Å². The van der Waals surface area contributed by atoms with Crippen molar-refractivity contribution in [2.24, 2.45) is 11.7 Å². The second kappa shape index (κ2) is 5.53. The molecule has 1 aromatic carbocycles. The fourth-order valence-electron chi connectivity index (χ4n) is 1.67. The van der Waals surface area contributed by atoms with Crippen molar-refractivity contribution in [3.8, 4) is 0 Å². The van der Waals surface area contributed by atoms with E-state index in [-0.39, 0.29) is 11.8 Å². The lowest BCUT2D eigenvalue weighted by Crippen LogP contribution is -2.47. The molecule has 0 radical (unpaired) electrons. The van der Waals surface area contributed by atoms with Crippen LogP contribution in [0.15, 0.2) is 18.2 Å². The molecule has 98 valence electrons. The first-order chi connectivity index (χ1) is 8.32. The average molecular weight is 249 g/mol. The molecule has 0 fully saturated rings. The standard InChI is InChI=1S/C13H19N3O2/c1-7(2)11(12(15)17)16-13(18)9-5-4-8(3)6-10(9)14/h4-7,11H,14H2,1-3H3,(H2,15,17)(H,16,18). The second-order valence-electron chi connectivity index (χ2n) is 4.69. The molecule has 0 aromatic heterocycles. The van der Waals surface area contributed by atoms with E-state index in [0.29, 0.717) is 11.3 Å². The highest BCUT2D eigenvalue weighted by Gasteiger charge is 2.22. The number of aryl methyl sites for hydroxylation is 1. The van der Waals surface area contributed by atoms with Gasteiger partial charge >= 0.3 is 0 Å². The van der Waals surface area contributed by atoms with E-state index in [0.717, 1.165) is 5.56 Å². The number of carbonyl (C=O) groups excluding carboxylic acids is 2. The zero-order valence-corrected chi connectivity index (χ0v) is 10.9. The Morgan fingerprint density at radius 2 is 1.89 bits per heavy atom. The summed E-state index contributed by atoms with van der Waals surface area (Å²) in [5, 5.41) is 2.60. The fourth-order valence-corrected chi connectivity index (χ4v) is 1.67. The minimum Gasteiger partial charge on any atom is -0.398 e. The molecule has 0 saturated heterocycles. The van der Waals surface area contributed by atoms with E-state index in [1.165, 1.54) is 0 Å². The predicted molar refractivity (Wildman–Crippen MR) is 70.9 cm³/mol. The van der Waals surface area contributed by atoms with E-state index in [2.05, 4.69) is 5.32 Å². The molecule has 0 aliphatic heterocycles. The van der Waals surface area contributed by atoms with Crippen molar-refractivity contribution in [3.05, 3.63) is 29.3 Å². The first kappa shape index (κ1) is 14.0. The van der Waals surface area contributed by atoms with Gasteiger partial charge in [-0.05, 0) is 30.5 Å². The van der Waals surface area contributed by atoms with Gasteiger partial charge in [-0.3, -0.25) is 9.59 Å². The van der Waals surface area contributed by atoms with Crippen molar-refractivity contribution in [1.29, 1.82) is 0 Å². The van der Waals surface area contributed by atoms with Gasteiger partial charge < -0.3 is 16.8 Å². The maximum absolute atomic E-state index is 12.0. The van der Waals surface area contributed by atoms with Crippen LogP contribution in [0.2, 0.25) is 0 Å². The summed E-state index contributed by atoms with van der Waals surface area (Å²) in [7, 11) is 0. The molecule has 2 amide bonds. The van der Waals surface area contributed by atoms with Crippen molar-refractivity contribution in [2.45, 2.75) is 26.8 Å². The predicted octanol–water partition coefficient (Wildman–Crippen LogP) is 0.817. The van der Waals surface area contributed by atoms with Gasteiger partial charge in [0.2, 0.25) is 5.91 Å². The zero-order valence-electron chi connectivity index (χ0n) is 10.9. The minimum absolute atomic E-state index is 0.0712. The summed E-state index contributed by atoms with van der Waals surface area (Å²) in [5.74, 6) is -1.01. The van der Waals surface area contributed by atoms with Crippen molar-refractivity contribution < 1.29 is 9.59 Å². The van der Waals surface area contributed by atoms with Gasteiger partial charge in [-0.15, -0.1) is 0 Å². The van der Waals surface area contributed by atoms with E-state index >= 15 is 0 Å². The summed E-state index contributed by atoms with van der Waals surface area (Å²) < 4.78 is 0. The number of hydrogen-bond donors (Lipinski definition) is 3. The maximum atomic E-state index is 12.0. The highest BCUT2D eigenvalue weighted by molar-refractivity contribution is 6.01. The van der Waals surface area contributed by atoms with Crippen LogP contribution in [0, 0.1) is 12.8 Å². The first-order valence-electron chi connectivity index (χ1n) is 5.79. The molecule has 18 heavy (non-hydrogen) atoms. The Bertz CT molecular complexity index is 469. The molecule has 1 unspecified atom stereocenters. The third kappa shape index (κ3) is 3.23. The molecule has 5 N–H and O–H groups in total. The van der Waals surface area contributed by atoms with Gasteiger partial charge in [0, 0.05) is 5.69 Å². The molecular weight excluding hydrogens is 230 g/mol. The Hall–Kier alpha value is -2.04. The highest BCUT2D eigenvalue weighted by Crippen LogP contribution is 2.14. The Kier molecular flexibility index (Phi) is 4.31. The molecule has 0 heterocycles. The monoisotopic (exact) mass is 249 g/mol. The Morgan fingerprint density at radius 1 is 1.28 bits per heavy atom. The van der Waals surface area contributed by atoms with Gasteiger partial charge in [0.05, 0.1) is 5.56 Å². The Morgan fingerprint density at radius 3 is 2.33 bits per heavy atom. The molecule has 1 aromatic rings. The SMILES string of the molecule is Cc1ccc(C(=O)NC(C(N)=O)C(C)C)c(N)c1. The zero-order chi connectivity index (χ0) is 13.9. The van der Waals surface area contributed by atoms with Crippen LogP contribution in [0.5, 0.6) is 0 Å². The number of benzene rings is 1. The van der Waals surface area contributed by atoms with Crippen molar-refractivity contribution in [2.75, 3.05) is 5.73 Å². The van der Waals surface area contributed by atoms with Crippen LogP contribution >= 0.6 is 0 Å². The van der Waals surface area contributed by atoms with Gasteiger partial charge in [-0.2, -0.15) is 0 Å². The number of primary amides is 1. The van der Waals surface area contributed by atoms with Crippen LogP contribution in [-0.2, 0) is 4.79 Å². The van der Waals surface area contributed by atoms with Crippen molar-refractivity contribution >= 4 is 17.5 Å². The summed E-state index contributed by atoms with van der Waals surface area (Å²) in [6, 6.07) is 4.44. The molecule has 5 heteroatoms. The topological polar surface area (TPSA) is 98.2 Å². The number of nitrogens with one attached hydrogen (secondary N) is 1. The summed E-state index contributed by atoms with van der Waals surface area (Å²) in [4.78, 5) is 23.2. The maximum Gasteiger partial charge on any atom is 0.254 e. The van der Waals surface area contributed by atoms with Crippen molar-refractivity contribution in [1.82, 2.24) is 5.32 Å². The number of hydrogen-bond acceptors (Lipinski definition) is 3. The molecule has 1 rings (SSSR count). The summed E-state index contributed by atoms with van der Waals surface area (Å²) >= 11 is 0. The highest BCUT2D eigenvalue weighted by atomic mass is 16.2. The third-order valence-electron chi connectivity index (χ3n) is 2.71. The Balaban J connectivity index is 2.91. The molecule has 1 atom stereocenters. The molecular formula is C13H19N3O2. The van der Waals surface area contributed by atoms with Gasteiger partial charge in [0.1, 0.15) is 6.04 Å². The van der Waals surface area contributed by atoms with E-state index in [9.17, 15) is 9.59 Å². The minimum atomic E-state index is -0.696. The third-order valence-corrected chi connectivity index (χ3v) is 2.71. The number of rotatable bonds is 4. The number of carbonyl (C=O) groups is 2. The number of nitrogens with two attached hydrogens (primary N) is 2. The van der Waals surface area contributed by atoms with Crippen LogP contribution in [0.4, 0.5) is 5.69 Å².